The number of para-hydroxylation sites is 1. The van der Waals surface area contributed by atoms with Gasteiger partial charge in [-0.2, -0.15) is 0 Å². The van der Waals surface area contributed by atoms with Gasteiger partial charge in [-0.05, 0) is 32.0 Å². The second-order valence-electron chi connectivity index (χ2n) is 7.48. The van der Waals surface area contributed by atoms with Crippen molar-refractivity contribution >= 4 is 39.7 Å². The van der Waals surface area contributed by atoms with Crippen LogP contribution in [0.1, 0.15) is 31.2 Å². The van der Waals surface area contributed by atoms with Gasteiger partial charge in [-0.3, -0.25) is 9.59 Å². The molecule has 0 fully saturated rings. The van der Waals surface area contributed by atoms with Crippen molar-refractivity contribution in [2.75, 3.05) is 16.0 Å². The topological polar surface area (TPSA) is 109 Å². The number of carbonyl (C=O) groups is 2. The van der Waals surface area contributed by atoms with E-state index in [-0.39, 0.29) is 17.1 Å². The molecular formula is C22H22N4O3S. The summed E-state index contributed by atoms with van der Waals surface area (Å²) in [5.41, 5.74) is 7.11. The molecule has 0 spiro atoms. The molecule has 0 unspecified atom stereocenters. The normalized spacial score (nSPS) is 18.0. The number of aromatic nitrogens is 1. The lowest BCUT2D eigenvalue weighted by Gasteiger charge is -2.25. The second-order valence-corrected chi connectivity index (χ2v) is 8.52. The molecule has 0 aliphatic carbocycles. The molecule has 0 radical (unpaired) electrons. The van der Waals surface area contributed by atoms with E-state index in [4.69, 9.17) is 5.73 Å². The number of nitrogens with one attached hydrogen (secondary N) is 1. The molecule has 30 heavy (non-hydrogen) atoms. The third-order valence-corrected chi connectivity index (χ3v) is 6.04. The molecular weight excluding hydrogens is 400 g/mol. The monoisotopic (exact) mass is 422 g/mol. The highest BCUT2D eigenvalue weighted by Gasteiger charge is 2.54. The molecule has 2 amide bonds. The van der Waals surface area contributed by atoms with Crippen LogP contribution in [0.2, 0.25) is 0 Å². The van der Waals surface area contributed by atoms with Crippen molar-refractivity contribution in [2.24, 2.45) is 0 Å². The van der Waals surface area contributed by atoms with Crippen LogP contribution in [0.4, 0.5) is 16.5 Å². The van der Waals surface area contributed by atoms with Crippen LogP contribution in [0, 0.1) is 0 Å². The highest BCUT2D eigenvalue weighted by atomic mass is 32.1. The van der Waals surface area contributed by atoms with E-state index in [0.29, 0.717) is 33.1 Å². The number of fused-ring (bicyclic) bond motifs is 1. The molecule has 154 valence electrons. The number of benzene rings is 2. The quantitative estimate of drug-likeness (QED) is 0.598. The molecule has 0 bridgehead atoms. The van der Waals surface area contributed by atoms with Crippen molar-refractivity contribution < 1.29 is 14.7 Å². The number of rotatable bonds is 4. The zero-order chi connectivity index (χ0) is 21.6. The van der Waals surface area contributed by atoms with Gasteiger partial charge in [0.2, 0.25) is 11.5 Å². The highest BCUT2D eigenvalue weighted by Crippen LogP contribution is 2.50. The van der Waals surface area contributed by atoms with Crippen LogP contribution in [0.25, 0.3) is 11.3 Å². The van der Waals surface area contributed by atoms with Crippen LogP contribution in [-0.4, -0.2) is 27.9 Å². The minimum Gasteiger partial charge on any atom is -0.375 e. The zero-order valence-electron chi connectivity index (χ0n) is 16.8. The van der Waals surface area contributed by atoms with Crippen LogP contribution in [0.5, 0.6) is 0 Å². The Balaban J connectivity index is 1.86. The standard InChI is InChI=1S/C22H22N4O3S/c1-12(2)26-17-7-5-4-6-16(17)22(29,20(26)28)19-18(25-21(23)30-19)14-8-10-15(11-9-14)24-13(3)27/h4-12,29H,1-3H3,(H2,23,25)(H,24,27)/t22-/m0/s1. The number of nitrogen functional groups attached to an aromatic ring is 1. The molecule has 1 aliphatic heterocycles. The van der Waals surface area contributed by atoms with E-state index < -0.39 is 11.5 Å². The Kier molecular flexibility index (Phi) is 4.83. The molecule has 1 atom stereocenters. The average Bonchev–Trinajstić information content (AvgIpc) is 3.19. The first-order chi connectivity index (χ1) is 14.2. The predicted octanol–water partition coefficient (Wildman–Crippen LogP) is 3.34. The zero-order valence-corrected chi connectivity index (χ0v) is 17.7. The number of hydrogen-bond acceptors (Lipinski definition) is 6. The Morgan fingerprint density at radius 3 is 2.50 bits per heavy atom. The molecule has 0 saturated heterocycles. The van der Waals surface area contributed by atoms with E-state index in [1.54, 1.807) is 41.3 Å². The number of amides is 2. The van der Waals surface area contributed by atoms with Gasteiger partial charge in [0.25, 0.3) is 5.91 Å². The lowest BCUT2D eigenvalue weighted by atomic mass is 9.91. The predicted molar refractivity (Wildman–Crippen MR) is 118 cm³/mol. The maximum atomic E-state index is 13.5. The van der Waals surface area contributed by atoms with Crippen LogP contribution < -0.4 is 16.0 Å². The molecule has 2 heterocycles. The summed E-state index contributed by atoms with van der Waals surface area (Å²) in [4.78, 5) is 31.1. The van der Waals surface area contributed by atoms with E-state index in [1.807, 2.05) is 26.0 Å². The SMILES string of the molecule is CC(=O)Nc1ccc(-c2nc(N)sc2[C@]2(O)C(=O)N(C(C)C)c3ccccc32)cc1. The summed E-state index contributed by atoms with van der Waals surface area (Å²) >= 11 is 1.10. The van der Waals surface area contributed by atoms with E-state index in [9.17, 15) is 14.7 Å². The van der Waals surface area contributed by atoms with E-state index in [2.05, 4.69) is 10.3 Å². The molecule has 3 aromatic rings. The maximum Gasteiger partial charge on any atom is 0.269 e. The molecule has 0 saturated carbocycles. The van der Waals surface area contributed by atoms with Crippen LogP contribution in [-0.2, 0) is 15.2 Å². The number of carbonyl (C=O) groups excluding carboxylic acids is 2. The van der Waals surface area contributed by atoms with Crippen LogP contribution >= 0.6 is 11.3 Å². The first-order valence-corrected chi connectivity index (χ1v) is 10.4. The fourth-order valence-electron chi connectivity index (χ4n) is 3.81. The first-order valence-electron chi connectivity index (χ1n) is 9.53. The van der Waals surface area contributed by atoms with E-state index in [0.717, 1.165) is 11.3 Å². The van der Waals surface area contributed by atoms with Crippen molar-refractivity contribution in [3.8, 4) is 11.3 Å². The fourth-order valence-corrected chi connectivity index (χ4v) is 4.76. The third kappa shape index (κ3) is 3.05. The lowest BCUT2D eigenvalue weighted by Crippen LogP contribution is -2.43. The van der Waals surface area contributed by atoms with Gasteiger partial charge in [0.05, 0.1) is 16.3 Å². The number of thiazole rings is 1. The Bertz CT molecular complexity index is 1140. The Morgan fingerprint density at radius 2 is 1.87 bits per heavy atom. The summed E-state index contributed by atoms with van der Waals surface area (Å²) in [6.07, 6.45) is 0. The summed E-state index contributed by atoms with van der Waals surface area (Å²) < 4.78 is 0. The molecule has 4 N–H and O–H groups in total. The molecule has 4 rings (SSSR count). The minimum atomic E-state index is -1.87. The van der Waals surface area contributed by atoms with Gasteiger partial charge in [-0.1, -0.05) is 41.7 Å². The van der Waals surface area contributed by atoms with Gasteiger partial charge in [0, 0.05) is 29.8 Å². The Morgan fingerprint density at radius 1 is 1.20 bits per heavy atom. The summed E-state index contributed by atoms with van der Waals surface area (Å²) in [7, 11) is 0. The minimum absolute atomic E-state index is 0.127. The van der Waals surface area contributed by atoms with Crippen LogP contribution in [0.15, 0.2) is 48.5 Å². The van der Waals surface area contributed by atoms with Crippen LogP contribution in [0.3, 0.4) is 0 Å². The average molecular weight is 423 g/mol. The molecule has 7 nitrogen and oxygen atoms in total. The van der Waals surface area contributed by atoms with E-state index in [1.165, 1.54) is 6.92 Å². The van der Waals surface area contributed by atoms with Gasteiger partial charge >= 0.3 is 0 Å². The van der Waals surface area contributed by atoms with Gasteiger partial charge in [-0.15, -0.1) is 0 Å². The number of aliphatic hydroxyl groups is 1. The number of nitrogens with zero attached hydrogens (tertiary/aromatic N) is 2. The Hall–Kier alpha value is -3.23. The van der Waals surface area contributed by atoms with Crippen molar-refractivity contribution in [1.29, 1.82) is 0 Å². The first kappa shape index (κ1) is 20.1. The summed E-state index contributed by atoms with van der Waals surface area (Å²) in [6, 6.07) is 14.1. The second kappa shape index (κ2) is 7.23. The third-order valence-electron chi connectivity index (χ3n) is 5.05. The molecule has 2 aromatic carbocycles. The van der Waals surface area contributed by atoms with Crippen molar-refractivity contribution in [3.63, 3.8) is 0 Å². The fraction of sp³-hybridized carbons (Fsp3) is 0.227. The van der Waals surface area contributed by atoms with Crippen molar-refractivity contribution in [1.82, 2.24) is 4.98 Å². The summed E-state index contributed by atoms with van der Waals surface area (Å²) in [5, 5.41) is 14.8. The van der Waals surface area contributed by atoms with Crippen molar-refractivity contribution in [2.45, 2.75) is 32.4 Å². The largest absolute Gasteiger partial charge is 0.375 e. The lowest BCUT2D eigenvalue weighted by molar-refractivity contribution is -0.132. The summed E-state index contributed by atoms with van der Waals surface area (Å²) in [5.74, 6) is -0.587. The van der Waals surface area contributed by atoms with Gasteiger partial charge in [-0.25, -0.2) is 4.98 Å². The smallest absolute Gasteiger partial charge is 0.269 e. The number of hydrogen-bond donors (Lipinski definition) is 3. The Labute approximate surface area is 178 Å². The molecule has 1 aromatic heterocycles. The molecule has 1 aliphatic rings. The summed E-state index contributed by atoms with van der Waals surface area (Å²) in [6.45, 7) is 5.25. The van der Waals surface area contributed by atoms with Gasteiger partial charge in [0.1, 0.15) is 0 Å². The molecule has 8 heteroatoms. The van der Waals surface area contributed by atoms with Gasteiger partial charge in [0.15, 0.2) is 5.13 Å². The highest BCUT2D eigenvalue weighted by molar-refractivity contribution is 7.16. The van der Waals surface area contributed by atoms with Gasteiger partial charge < -0.3 is 21.1 Å². The van der Waals surface area contributed by atoms with Crippen molar-refractivity contribution in [3.05, 3.63) is 59.0 Å². The number of anilines is 3. The maximum absolute atomic E-state index is 13.5. The van der Waals surface area contributed by atoms with E-state index >= 15 is 0 Å². The number of nitrogens with two attached hydrogens (primary N) is 1.